The molecule has 0 atom stereocenters. The van der Waals surface area contributed by atoms with Gasteiger partial charge in [-0.1, -0.05) is 27.7 Å². The number of hydrogen-bond donors (Lipinski definition) is 2. The van der Waals surface area contributed by atoms with E-state index in [1.54, 1.807) is 0 Å². The molecule has 1 fully saturated rings. The second-order valence-corrected chi connectivity index (χ2v) is 6.42. The zero-order chi connectivity index (χ0) is 12.3. The van der Waals surface area contributed by atoms with Crippen LogP contribution in [0.15, 0.2) is 4.60 Å². The van der Waals surface area contributed by atoms with Gasteiger partial charge in [0.05, 0.1) is 10.2 Å². The Hall–Kier alpha value is -0.950. The number of anilines is 1. The molecule has 1 heterocycles. The first-order valence-electron chi connectivity index (χ1n) is 5.32. The Bertz CT molecular complexity index is 477. The molecule has 1 aromatic rings. The van der Waals surface area contributed by atoms with Crippen molar-refractivity contribution in [3.63, 3.8) is 0 Å². The van der Waals surface area contributed by atoms with Crippen LogP contribution in [0.5, 0.6) is 0 Å². The highest BCUT2D eigenvalue weighted by Crippen LogP contribution is 2.74. The lowest BCUT2D eigenvalue weighted by Gasteiger charge is -2.03. The molecule has 0 spiro atoms. The summed E-state index contributed by atoms with van der Waals surface area (Å²) in [6.45, 7) is 8.92. The van der Waals surface area contributed by atoms with Crippen molar-refractivity contribution in [2.75, 3.05) is 5.73 Å². The summed E-state index contributed by atoms with van der Waals surface area (Å²) in [5.74, 6) is 0.834. The molecule has 0 saturated heterocycles. The second-order valence-electron chi connectivity index (χ2n) is 5.63. The third-order valence-corrected chi connectivity index (χ3v) is 5.07. The standard InChI is InChI=1S/C12H16BrN3/c1-11(2)8(12(11,3)4)7-6(5-14)10(15)16-9(7)13/h8,16H,15H2,1-4H3. The van der Waals surface area contributed by atoms with Crippen LogP contribution in [0.3, 0.4) is 0 Å². The molecule has 1 aliphatic rings. The summed E-state index contributed by atoms with van der Waals surface area (Å²) >= 11 is 3.47. The van der Waals surface area contributed by atoms with Crippen molar-refractivity contribution in [1.82, 2.24) is 4.98 Å². The number of nitriles is 1. The molecule has 4 heteroatoms. The van der Waals surface area contributed by atoms with Gasteiger partial charge in [0.1, 0.15) is 11.9 Å². The quantitative estimate of drug-likeness (QED) is 0.829. The molecule has 1 aromatic heterocycles. The van der Waals surface area contributed by atoms with Crippen LogP contribution in [-0.2, 0) is 0 Å². The van der Waals surface area contributed by atoms with Crippen LogP contribution in [0.25, 0.3) is 0 Å². The maximum absolute atomic E-state index is 9.16. The fourth-order valence-electron chi connectivity index (χ4n) is 2.81. The molecule has 86 valence electrons. The van der Waals surface area contributed by atoms with E-state index < -0.39 is 0 Å². The molecule has 1 aliphatic carbocycles. The summed E-state index contributed by atoms with van der Waals surface area (Å²) in [6, 6.07) is 2.20. The zero-order valence-electron chi connectivity index (χ0n) is 9.98. The molecule has 0 aromatic carbocycles. The molecule has 1 saturated carbocycles. The number of aromatic amines is 1. The van der Waals surface area contributed by atoms with E-state index in [2.05, 4.69) is 54.7 Å². The summed E-state index contributed by atoms with van der Waals surface area (Å²) in [4.78, 5) is 3.00. The number of nitrogens with zero attached hydrogens (tertiary/aromatic N) is 1. The van der Waals surface area contributed by atoms with Gasteiger partial charge in [0, 0.05) is 5.56 Å². The van der Waals surface area contributed by atoms with Crippen LogP contribution < -0.4 is 5.73 Å². The Morgan fingerprint density at radius 1 is 1.31 bits per heavy atom. The van der Waals surface area contributed by atoms with Crippen molar-refractivity contribution < 1.29 is 0 Å². The molecule has 2 rings (SSSR count). The number of rotatable bonds is 1. The second kappa shape index (κ2) is 3.04. The molecule has 16 heavy (non-hydrogen) atoms. The lowest BCUT2D eigenvalue weighted by Crippen LogP contribution is -1.95. The topological polar surface area (TPSA) is 65.6 Å². The van der Waals surface area contributed by atoms with Crippen molar-refractivity contribution in [2.24, 2.45) is 10.8 Å². The maximum Gasteiger partial charge on any atom is 0.120 e. The van der Waals surface area contributed by atoms with Crippen molar-refractivity contribution in [2.45, 2.75) is 33.6 Å². The van der Waals surface area contributed by atoms with E-state index in [1.165, 1.54) is 0 Å². The van der Waals surface area contributed by atoms with Crippen LogP contribution in [0.2, 0.25) is 0 Å². The van der Waals surface area contributed by atoms with E-state index in [0.29, 0.717) is 17.3 Å². The van der Waals surface area contributed by atoms with Gasteiger partial charge in [-0.05, 0) is 32.7 Å². The number of nitrogen functional groups attached to an aromatic ring is 1. The Morgan fingerprint density at radius 2 is 1.81 bits per heavy atom. The summed E-state index contributed by atoms with van der Waals surface area (Å²) in [5, 5.41) is 9.16. The van der Waals surface area contributed by atoms with Gasteiger partial charge in [-0.2, -0.15) is 5.26 Å². The minimum Gasteiger partial charge on any atom is -0.384 e. The van der Waals surface area contributed by atoms with Gasteiger partial charge in [-0.15, -0.1) is 0 Å². The molecule has 0 radical (unpaired) electrons. The molecule has 0 unspecified atom stereocenters. The average molecular weight is 282 g/mol. The van der Waals surface area contributed by atoms with Gasteiger partial charge in [0.15, 0.2) is 0 Å². The van der Waals surface area contributed by atoms with Gasteiger partial charge < -0.3 is 10.7 Å². The summed E-state index contributed by atoms with van der Waals surface area (Å²) < 4.78 is 0.852. The number of halogens is 1. The van der Waals surface area contributed by atoms with Crippen molar-refractivity contribution >= 4 is 21.7 Å². The van der Waals surface area contributed by atoms with E-state index in [4.69, 9.17) is 11.0 Å². The Kier molecular flexibility index (Phi) is 2.19. The highest BCUT2D eigenvalue weighted by molar-refractivity contribution is 9.10. The first-order valence-corrected chi connectivity index (χ1v) is 6.11. The average Bonchev–Trinajstić information content (AvgIpc) is 2.42. The van der Waals surface area contributed by atoms with Crippen molar-refractivity contribution in [3.8, 4) is 6.07 Å². The van der Waals surface area contributed by atoms with Gasteiger partial charge in [-0.25, -0.2) is 0 Å². The predicted octanol–water partition coefficient (Wildman–Crippen LogP) is 3.38. The van der Waals surface area contributed by atoms with Gasteiger partial charge >= 0.3 is 0 Å². The molecule has 3 N–H and O–H groups in total. The highest BCUT2D eigenvalue weighted by atomic mass is 79.9. The van der Waals surface area contributed by atoms with Crippen molar-refractivity contribution in [1.29, 1.82) is 5.26 Å². The van der Waals surface area contributed by atoms with Gasteiger partial charge in [0.25, 0.3) is 0 Å². The first-order chi connectivity index (χ1) is 7.25. The van der Waals surface area contributed by atoms with Crippen molar-refractivity contribution in [3.05, 3.63) is 15.7 Å². The minimum atomic E-state index is 0.204. The minimum absolute atomic E-state index is 0.204. The fourth-order valence-corrected chi connectivity index (χ4v) is 3.45. The Labute approximate surface area is 104 Å². The van der Waals surface area contributed by atoms with Crippen LogP contribution in [0.1, 0.15) is 44.7 Å². The molecular weight excluding hydrogens is 266 g/mol. The normalized spacial score (nSPS) is 21.8. The number of nitrogens with two attached hydrogens (primary N) is 1. The number of nitrogens with one attached hydrogen (secondary N) is 1. The number of H-pyrrole nitrogens is 1. The lowest BCUT2D eigenvalue weighted by atomic mass is 10.0. The summed E-state index contributed by atoms with van der Waals surface area (Å²) in [6.07, 6.45) is 0. The van der Waals surface area contributed by atoms with Gasteiger partial charge in [-0.3, -0.25) is 0 Å². The number of hydrogen-bond acceptors (Lipinski definition) is 2. The van der Waals surface area contributed by atoms with E-state index in [1.807, 2.05) is 0 Å². The van der Waals surface area contributed by atoms with E-state index in [0.717, 1.165) is 10.2 Å². The van der Waals surface area contributed by atoms with E-state index in [-0.39, 0.29) is 10.8 Å². The lowest BCUT2D eigenvalue weighted by molar-refractivity contribution is 0.457. The molecule has 0 amide bonds. The molecular formula is C12H16BrN3. The van der Waals surface area contributed by atoms with Crippen LogP contribution in [-0.4, -0.2) is 4.98 Å². The number of aromatic nitrogens is 1. The third-order valence-electron chi connectivity index (χ3n) is 4.44. The molecule has 3 nitrogen and oxygen atoms in total. The molecule has 0 aliphatic heterocycles. The van der Waals surface area contributed by atoms with Gasteiger partial charge in [0.2, 0.25) is 0 Å². The first kappa shape index (κ1) is 11.5. The largest absolute Gasteiger partial charge is 0.384 e. The van der Waals surface area contributed by atoms with E-state index in [9.17, 15) is 0 Å². The summed E-state index contributed by atoms with van der Waals surface area (Å²) in [5.41, 5.74) is 7.83. The summed E-state index contributed by atoms with van der Waals surface area (Å²) in [7, 11) is 0. The SMILES string of the molecule is CC1(C)C(c2c(Br)[nH]c(N)c2C#N)C1(C)C. The fraction of sp³-hybridized carbons (Fsp3) is 0.583. The van der Waals surface area contributed by atoms with E-state index >= 15 is 0 Å². The van der Waals surface area contributed by atoms with Crippen LogP contribution >= 0.6 is 15.9 Å². The zero-order valence-corrected chi connectivity index (χ0v) is 11.6. The Balaban J connectivity index is 2.57. The van der Waals surface area contributed by atoms with Crippen LogP contribution in [0, 0.1) is 22.2 Å². The maximum atomic E-state index is 9.16. The smallest absolute Gasteiger partial charge is 0.120 e. The third kappa shape index (κ3) is 1.18. The van der Waals surface area contributed by atoms with Crippen LogP contribution in [0.4, 0.5) is 5.82 Å². The predicted molar refractivity (Wildman–Crippen MR) is 67.9 cm³/mol. The highest BCUT2D eigenvalue weighted by Gasteiger charge is 2.66. The Morgan fingerprint density at radius 3 is 2.19 bits per heavy atom. The monoisotopic (exact) mass is 281 g/mol. The molecule has 0 bridgehead atoms.